The van der Waals surface area contributed by atoms with Crippen molar-refractivity contribution in [2.45, 2.75) is 6.36 Å². The van der Waals surface area contributed by atoms with Gasteiger partial charge in [-0.05, 0) is 24.3 Å². The van der Waals surface area contributed by atoms with Gasteiger partial charge in [0.2, 0.25) is 5.96 Å². The third-order valence-electron chi connectivity index (χ3n) is 3.77. The largest absolute Gasteiger partial charge is 0.573 e. The molecule has 0 aliphatic rings. The lowest BCUT2D eigenvalue weighted by Crippen LogP contribution is -2.33. The first kappa shape index (κ1) is 20.5. The highest BCUT2D eigenvalue weighted by atomic mass is 19.4. The van der Waals surface area contributed by atoms with Crippen LogP contribution in [0.15, 0.2) is 64.5 Å². The molecular weight excluding hydrogens is 403 g/mol. The topological polar surface area (TPSA) is 110 Å². The smallest absolute Gasteiger partial charge is 0.496 e. The van der Waals surface area contributed by atoms with Gasteiger partial charge in [-0.2, -0.15) is 5.26 Å². The Labute approximate surface area is 168 Å². The maximum atomic E-state index is 12.4. The summed E-state index contributed by atoms with van der Waals surface area (Å²) in [6.45, 7) is 0. The van der Waals surface area contributed by atoms with Crippen LogP contribution in [0.3, 0.4) is 0 Å². The number of guanidine groups is 1. The fraction of sp³-hybridized carbons (Fsp3) is 0.105. The highest BCUT2D eigenvalue weighted by Gasteiger charge is 2.31. The maximum Gasteiger partial charge on any atom is 0.573 e. The van der Waals surface area contributed by atoms with Crippen LogP contribution in [0, 0.1) is 11.5 Å². The van der Waals surface area contributed by atoms with Crippen LogP contribution in [0.1, 0.15) is 0 Å². The van der Waals surface area contributed by atoms with Gasteiger partial charge in [0.1, 0.15) is 11.5 Å². The van der Waals surface area contributed by atoms with E-state index in [1.807, 2.05) is 6.19 Å². The monoisotopic (exact) mass is 417 g/mol. The molecule has 0 fully saturated rings. The van der Waals surface area contributed by atoms with E-state index >= 15 is 0 Å². The van der Waals surface area contributed by atoms with Gasteiger partial charge in [0.05, 0.1) is 30.2 Å². The van der Waals surface area contributed by atoms with Crippen molar-refractivity contribution in [3.63, 3.8) is 0 Å². The molecule has 11 heteroatoms. The van der Waals surface area contributed by atoms with E-state index in [0.717, 1.165) is 17.0 Å². The number of alkyl halides is 3. The van der Waals surface area contributed by atoms with Gasteiger partial charge in [-0.15, -0.1) is 13.2 Å². The summed E-state index contributed by atoms with van der Waals surface area (Å²) in [6, 6.07) is 9.66. The predicted molar refractivity (Wildman–Crippen MR) is 101 cm³/mol. The quantitative estimate of drug-likeness (QED) is 0.287. The zero-order valence-corrected chi connectivity index (χ0v) is 15.4. The molecule has 2 N–H and O–H groups in total. The van der Waals surface area contributed by atoms with E-state index in [4.69, 9.17) is 14.9 Å². The van der Waals surface area contributed by atoms with Crippen molar-refractivity contribution < 1.29 is 27.1 Å². The molecule has 0 aliphatic heterocycles. The highest BCUT2D eigenvalue weighted by molar-refractivity contribution is 5.99. The summed E-state index contributed by atoms with van der Waals surface area (Å²) in [4.78, 5) is 8.84. The van der Waals surface area contributed by atoms with E-state index in [-0.39, 0.29) is 11.6 Å². The zero-order valence-electron chi connectivity index (χ0n) is 15.4. The van der Waals surface area contributed by atoms with Gasteiger partial charge in [-0.3, -0.25) is 0 Å². The van der Waals surface area contributed by atoms with Crippen molar-refractivity contribution >= 4 is 17.3 Å². The van der Waals surface area contributed by atoms with Crippen LogP contribution >= 0.6 is 0 Å². The normalized spacial score (nSPS) is 11.6. The van der Waals surface area contributed by atoms with E-state index in [1.54, 1.807) is 12.1 Å². The lowest BCUT2D eigenvalue weighted by atomic mass is 10.1. The Bertz CT molecular complexity index is 1090. The van der Waals surface area contributed by atoms with Crippen LogP contribution in [0.2, 0.25) is 0 Å². The number of nitriles is 1. The number of ether oxygens (including phenoxy) is 2. The Morgan fingerprint density at radius 2 is 2.07 bits per heavy atom. The molecule has 0 amide bonds. The molecule has 0 spiro atoms. The third kappa shape index (κ3) is 4.79. The first-order valence-corrected chi connectivity index (χ1v) is 8.27. The number of rotatable bonds is 5. The molecule has 154 valence electrons. The van der Waals surface area contributed by atoms with Gasteiger partial charge in [-0.25, -0.2) is 14.9 Å². The van der Waals surface area contributed by atoms with Crippen LogP contribution in [0.4, 0.5) is 24.5 Å². The average molecular weight is 417 g/mol. The number of hydrogen-bond acceptors (Lipinski definition) is 6. The Morgan fingerprint density at radius 3 is 2.70 bits per heavy atom. The molecule has 3 rings (SSSR count). The Balaban J connectivity index is 1.91. The van der Waals surface area contributed by atoms with Crippen LogP contribution in [0.25, 0.3) is 11.3 Å². The van der Waals surface area contributed by atoms with Crippen molar-refractivity contribution in [3.8, 4) is 29.0 Å². The average Bonchev–Trinajstić information content (AvgIpc) is 3.22. The summed E-state index contributed by atoms with van der Waals surface area (Å²) in [5.41, 5.74) is 6.91. The van der Waals surface area contributed by atoms with Gasteiger partial charge in [-0.1, -0.05) is 6.07 Å². The van der Waals surface area contributed by atoms with Gasteiger partial charge in [0, 0.05) is 12.1 Å². The fourth-order valence-electron chi connectivity index (χ4n) is 2.55. The number of benzene rings is 2. The molecule has 2 aromatic carbocycles. The number of hydrogen-bond donors (Lipinski definition) is 1. The number of aromatic nitrogens is 1. The second kappa shape index (κ2) is 8.44. The summed E-state index contributed by atoms with van der Waals surface area (Å²) >= 11 is 0. The molecule has 0 saturated heterocycles. The predicted octanol–water partition coefficient (Wildman–Crippen LogP) is 4.18. The molecule has 0 radical (unpaired) electrons. The molecule has 1 heterocycles. The Kier molecular flexibility index (Phi) is 5.78. The van der Waals surface area contributed by atoms with Crippen LogP contribution in [-0.2, 0) is 0 Å². The second-order valence-electron chi connectivity index (χ2n) is 5.70. The molecule has 8 nitrogen and oxygen atoms in total. The second-order valence-corrected chi connectivity index (χ2v) is 5.70. The molecule has 0 atom stereocenters. The Hall–Kier alpha value is -4.20. The number of aliphatic imine (C=N–C) groups is 1. The Morgan fingerprint density at radius 1 is 1.27 bits per heavy atom. The van der Waals surface area contributed by atoms with E-state index < -0.39 is 12.1 Å². The van der Waals surface area contributed by atoms with Crippen LogP contribution in [0.5, 0.6) is 11.5 Å². The van der Waals surface area contributed by atoms with E-state index in [1.165, 1.54) is 37.9 Å². The standard InChI is InChI=1S/C19H14F3N5O3/c1-28-16-8-13(5-6-15(16)17-9-25-11-29-17)27(10-23)18(24)26-12-3-2-4-14(7-12)30-19(20,21)22/h2-9,11H,1H3,(H2,24,26). The first-order valence-electron chi connectivity index (χ1n) is 8.27. The molecule has 0 bridgehead atoms. The van der Waals surface area contributed by atoms with Crippen LogP contribution in [-0.4, -0.2) is 24.4 Å². The highest BCUT2D eigenvalue weighted by Crippen LogP contribution is 2.33. The SMILES string of the molecule is COc1cc(N(C#N)/C(N)=N/c2cccc(OC(F)(F)F)c2)ccc1-c1cnco1. The number of nitrogens with two attached hydrogens (primary N) is 1. The van der Waals surface area contributed by atoms with Gasteiger partial charge < -0.3 is 19.6 Å². The van der Waals surface area contributed by atoms with Gasteiger partial charge >= 0.3 is 6.36 Å². The lowest BCUT2D eigenvalue weighted by molar-refractivity contribution is -0.274. The number of oxazole rings is 1. The molecule has 1 aromatic heterocycles. The van der Waals surface area contributed by atoms with Crippen LogP contribution < -0.4 is 20.1 Å². The van der Waals surface area contributed by atoms with Gasteiger partial charge in [0.25, 0.3) is 0 Å². The summed E-state index contributed by atoms with van der Waals surface area (Å²) < 4.78 is 51.6. The first-order chi connectivity index (χ1) is 14.3. The minimum Gasteiger partial charge on any atom is -0.496 e. The lowest BCUT2D eigenvalue weighted by Gasteiger charge is -2.16. The van der Waals surface area contributed by atoms with Crippen molar-refractivity contribution in [1.29, 1.82) is 5.26 Å². The number of methoxy groups -OCH3 is 1. The van der Waals surface area contributed by atoms with Crippen molar-refractivity contribution in [1.82, 2.24) is 4.98 Å². The van der Waals surface area contributed by atoms with Gasteiger partial charge in [0.15, 0.2) is 18.3 Å². The molecule has 0 aliphatic carbocycles. The van der Waals surface area contributed by atoms with Crippen molar-refractivity contribution in [2.24, 2.45) is 10.7 Å². The van der Waals surface area contributed by atoms with Crippen molar-refractivity contribution in [2.75, 3.05) is 12.0 Å². The number of nitrogens with zero attached hydrogens (tertiary/aromatic N) is 4. The van der Waals surface area contributed by atoms with Crippen molar-refractivity contribution in [3.05, 3.63) is 55.1 Å². The minimum absolute atomic E-state index is 0.0692. The summed E-state index contributed by atoms with van der Waals surface area (Å²) in [5.74, 6) is 0.122. The maximum absolute atomic E-state index is 12.4. The molecule has 0 unspecified atom stereocenters. The zero-order chi connectivity index (χ0) is 21.7. The summed E-state index contributed by atoms with van der Waals surface area (Å²) in [6.07, 6.45) is -0.192. The molecule has 0 saturated carbocycles. The summed E-state index contributed by atoms with van der Waals surface area (Å²) in [7, 11) is 1.44. The number of halogens is 3. The molecular formula is C19H14F3N5O3. The van der Waals surface area contributed by atoms with E-state index in [2.05, 4.69) is 14.7 Å². The van der Waals surface area contributed by atoms with E-state index in [9.17, 15) is 18.4 Å². The summed E-state index contributed by atoms with van der Waals surface area (Å²) in [5, 5.41) is 9.52. The molecule has 30 heavy (non-hydrogen) atoms. The molecule has 3 aromatic rings. The minimum atomic E-state index is -4.84. The fourth-order valence-corrected chi connectivity index (χ4v) is 2.55. The third-order valence-corrected chi connectivity index (χ3v) is 3.77. The van der Waals surface area contributed by atoms with E-state index in [0.29, 0.717) is 22.8 Å². The number of anilines is 1.